The first-order valence-electron chi connectivity index (χ1n) is 10.9. The zero-order chi connectivity index (χ0) is 25.4. The van der Waals surface area contributed by atoms with Gasteiger partial charge in [0.25, 0.3) is 5.91 Å². The van der Waals surface area contributed by atoms with Crippen LogP contribution in [-0.4, -0.2) is 39.3 Å². The van der Waals surface area contributed by atoms with Crippen LogP contribution in [-0.2, 0) is 9.53 Å². The summed E-state index contributed by atoms with van der Waals surface area (Å²) in [6.45, 7) is 5.19. The molecule has 0 bridgehead atoms. The lowest BCUT2D eigenvalue weighted by Gasteiger charge is -2.24. The smallest absolute Gasteiger partial charge is 0.350 e. The summed E-state index contributed by atoms with van der Waals surface area (Å²) in [6, 6.07) is 15.2. The number of aryl methyl sites for hydroxylation is 1. The minimum atomic E-state index is -0.958. The molecule has 0 saturated heterocycles. The van der Waals surface area contributed by atoms with E-state index in [-0.39, 0.29) is 27.2 Å². The third-order valence-electron chi connectivity index (χ3n) is 5.57. The first kappa shape index (κ1) is 23.6. The highest BCUT2D eigenvalue weighted by atomic mass is 32.1. The van der Waals surface area contributed by atoms with Crippen LogP contribution in [0, 0.1) is 6.92 Å². The van der Waals surface area contributed by atoms with E-state index in [9.17, 15) is 19.5 Å². The van der Waals surface area contributed by atoms with Crippen molar-refractivity contribution in [1.29, 1.82) is 0 Å². The molecule has 0 fully saturated rings. The highest BCUT2D eigenvalue weighted by Gasteiger charge is 2.46. The second kappa shape index (κ2) is 9.48. The van der Waals surface area contributed by atoms with Crippen molar-refractivity contribution in [3.8, 4) is 0 Å². The van der Waals surface area contributed by atoms with Gasteiger partial charge in [0.2, 0.25) is 5.78 Å². The Balaban J connectivity index is 1.60. The van der Waals surface area contributed by atoms with Crippen molar-refractivity contribution in [2.24, 2.45) is 0 Å². The minimum absolute atomic E-state index is 0.0317. The van der Waals surface area contributed by atoms with Crippen molar-refractivity contribution in [2.75, 3.05) is 11.5 Å². The Morgan fingerprint density at radius 2 is 1.83 bits per heavy atom. The van der Waals surface area contributed by atoms with Gasteiger partial charge in [-0.3, -0.25) is 14.5 Å². The fourth-order valence-corrected chi connectivity index (χ4v) is 5.85. The Bertz CT molecular complexity index is 1520. The summed E-state index contributed by atoms with van der Waals surface area (Å²) in [5.74, 6) is -2.59. The van der Waals surface area contributed by atoms with Crippen LogP contribution in [0.4, 0.5) is 5.13 Å². The number of ether oxygens (including phenoxy) is 1. The Labute approximate surface area is 213 Å². The fourth-order valence-electron chi connectivity index (χ4n) is 3.94. The molecule has 10 heteroatoms. The van der Waals surface area contributed by atoms with E-state index in [1.807, 2.05) is 24.3 Å². The molecule has 5 rings (SSSR count). The number of fused-ring (bicyclic) bond motifs is 1. The Hall–Kier alpha value is -4.15. The average Bonchev–Trinajstić information content (AvgIpc) is 3.57. The van der Waals surface area contributed by atoms with Crippen LogP contribution in [0.25, 0.3) is 10.2 Å². The van der Waals surface area contributed by atoms with E-state index in [4.69, 9.17) is 4.74 Å². The summed E-state index contributed by atoms with van der Waals surface area (Å²) in [5.41, 5.74) is 1.53. The predicted molar refractivity (Wildman–Crippen MR) is 138 cm³/mol. The normalized spacial score (nSPS) is 15.5. The van der Waals surface area contributed by atoms with Gasteiger partial charge in [-0.05, 0) is 24.6 Å². The fraction of sp³-hybridized carbons (Fsp3) is 0.115. The maximum atomic E-state index is 13.7. The minimum Gasteiger partial charge on any atom is -0.503 e. The number of aliphatic hydroxyl groups excluding tert-OH is 1. The van der Waals surface area contributed by atoms with E-state index in [2.05, 4.69) is 16.5 Å². The molecule has 0 radical (unpaired) electrons. The number of hydrogen-bond acceptors (Lipinski definition) is 9. The van der Waals surface area contributed by atoms with Crippen LogP contribution < -0.4 is 4.90 Å². The van der Waals surface area contributed by atoms with Gasteiger partial charge in [0.05, 0.1) is 27.5 Å². The monoisotopic (exact) mass is 517 g/mol. The van der Waals surface area contributed by atoms with Crippen molar-refractivity contribution < 1.29 is 24.2 Å². The van der Waals surface area contributed by atoms with E-state index < -0.39 is 29.5 Å². The van der Waals surface area contributed by atoms with Crippen molar-refractivity contribution in [3.05, 3.63) is 99.7 Å². The number of carbonyl (C=O) groups excluding carboxylic acids is 3. The number of thiazole rings is 2. The summed E-state index contributed by atoms with van der Waals surface area (Å²) in [4.78, 5) is 49.8. The highest BCUT2D eigenvalue weighted by molar-refractivity contribution is 7.20. The Morgan fingerprint density at radius 3 is 2.56 bits per heavy atom. The number of Topliss-reactive ketones (excluding diaryl/α,β-unsaturated/α-hetero) is 1. The molecule has 1 aliphatic rings. The molecular formula is C26H19N3O5S2. The molecule has 180 valence electrons. The van der Waals surface area contributed by atoms with Crippen molar-refractivity contribution in [2.45, 2.75) is 13.0 Å². The average molecular weight is 518 g/mol. The number of amides is 1. The van der Waals surface area contributed by atoms with Gasteiger partial charge in [0.15, 0.2) is 15.9 Å². The van der Waals surface area contributed by atoms with Gasteiger partial charge in [-0.15, -0.1) is 11.3 Å². The van der Waals surface area contributed by atoms with Gasteiger partial charge >= 0.3 is 5.97 Å². The molecule has 3 heterocycles. The van der Waals surface area contributed by atoms with Crippen molar-refractivity contribution in [1.82, 2.24) is 9.97 Å². The quantitative estimate of drug-likeness (QED) is 0.204. The summed E-state index contributed by atoms with van der Waals surface area (Å²) < 4.78 is 5.94. The lowest BCUT2D eigenvalue weighted by molar-refractivity contribution is -0.117. The molecule has 36 heavy (non-hydrogen) atoms. The van der Waals surface area contributed by atoms with Crippen LogP contribution in [0.15, 0.2) is 78.6 Å². The summed E-state index contributed by atoms with van der Waals surface area (Å²) in [6.07, 6.45) is 1.45. The lowest BCUT2D eigenvalue weighted by atomic mass is 9.96. The van der Waals surface area contributed by atoms with Gasteiger partial charge in [-0.2, -0.15) is 0 Å². The molecule has 2 aromatic carbocycles. The van der Waals surface area contributed by atoms with E-state index in [1.165, 1.54) is 22.3 Å². The molecule has 1 amide bonds. The van der Waals surface area contributed by atoms with Crippen LogP contribution in [0.1, 0.15) is 36.8 Å². The molecule has 0 saturated carbocycles. The Kier molecular flexibility index (Phi) is 6.21. The Morgan fingerprint density at radius 1 is 1.11 bits per heavy atom. The van der Waals surface area contributed by atoms with Crippen molar-refractivity contribution >= 4 is 55.7 Å². The molecular weight excluding hydrogens is 498 g/mol. The molecule has 2 aromatic heterocycles. The van der Waals surface area contributed by atoms with E-state index in [1.54, 1.807) is 37.3 Å². The SMILES string of the molecule is C=CCOC(=O)c1sc(N2C(=O)C(O)=C(C(=O)c3nc4ccccc4s3)[C@H]2c2ccccc2)nc1C. The van der Waals surface area contributed by atoms with Crippen LogP contribution in [0.5, 0.6) is 0 Å². The number of aliphatic hydroxyl groups is 1. The number of esters is 1. The van der Waals surface area contributed by atoms with Crippen LogP contribution in [0.2, 0.25) is 0 Å². The maximum absolute atomic E-state index is 13.7. The molecule has 4 aromatic rings. The van der Waals surface area contributed by atoms with Crippen LogP contribution in [0.3, 0.4) is 0 Å². The topological polar surface area (TPSA) is 110 Å². The number of benzene rings is 2. The number of hydrogen-bond donors (Lipinski definition) is 1. The third kappa shape index (κ3) is 4.00. The standard InChI is InChI=1S/C26H19N3O5S2/c1-3-13-34-25(33)22-14(2)27-26(36-22)29-19(15-9-5-4-6-10-15)18(21(31)24(29)32)20(30)23-28-16-11-7-8-12-17(16)35-23/h3-12,19,31H,1,13H2,2H3/t19-/m1/s1. The number of rotatable bonds is 7. The van der Waals surface area contributed by atoms with Gasteiger partial charge in [-0.1, -0.05) is 66.5 Å². The zero-order valence-corrected chi connectivity index (χ0v) is 20.6. The second-order valence-electron chi connectivity index (χ2n) is 7.86. The highest BCUT2D eigenvalue weighted by Crippen LogP contribution is 2.44. The number of nitrogens with zero attached hydrogens (tertiary/aromatic N) is 3. The van der Waals surface area contributed by atoms with Crippen molar-refractivity contribution in [3.63, 3.8) is 0 Å². The number of carbonyl (C=O) groups is 3. The van der Waals surface area contributed by atoms with Gasteiger partial charge in [0, 0.05) is 0 Å². The first-order chi connectivity index (χ1) is 17.4. The summed E-state index contributed by atoms with van der Waals surface area (Å²) >= 11 is 2.15. The molecule has 0 unspecified atom stereocenters. The molecule has 1 atom stereocenters. The summed E-state index contributed by atoms with van der Waals surface area (Å²) in [7, 11) is 0. The maximum Gasteiger partial charge on any atom is 0.350 e. The molecule has 1 N–H and O–H groups in total. The number of ketones is 1. The largest absolute Gasteiger partial charge is 0.503 e. The van der Waals surface area contributed by atoms with E-state index in [0.717, 1.165) is 16.0 Å². The molecule has 0 spiro atoms. The zero-order valence-electron chi connectivity index (χ0n) is 19.0. The lowest BCUT2D eigenvalue weighted by Crippen LogP contribution is -2.31. The van der Waals surface area contributed by atoms with Gasteiger partial charge < -0.3 is 9.84 Å². The molecule has 0 aliphatic carbocycles. The molecule has 8 nitrogen and oxygen atoms in total. The summed E-state index contributed by atoms with van der Waals surface area (Å²) in [5, 5.41) is 11.3. The number of anilines is 1. The predicted octanol–water partition coefficient (Wildman–Crippen LogP) is 5.19. The third-order valence-corrected chi connectivity index (χ3v) is 7.74. The number of para-hydroxylation sites is 1. The second-order valence-corrected chi connectivity index (χ2v) is 9.87. The number of aromatic nitrogens is 2. The van der Waals surface area contributed by atoms with E-state index >= 15 is 0 Å². The first-order valence-corrected chi connectivity index (χ1v) is 12.5. The molecule has 1 aliphatic heterocycles. The van der Waals surface area contributed by atoms with Crippen LogP contribution >= 0.6 is 22.7 Å². The van der Waals surface area contributed by atoms with Gasteiger partial charge in [0.1, 0.15) is 11.5 Å². The van der Waals surface area contributed by atoms with Gasteiger partial charge in [-0.25, -0.2) is 14.8 Å². The van der Waals surface area contributed by atoms with E-state index in [0.29, 0.717) is 16.8 Å².